The van der Waals surface area contributed by atoms with Gasteiger partial charge in [-0.2, -0.15) is 0 Å². The molecule has 1 unspecified atom stereocenters. The molecule has 0 radical (unpaired) electrons. The second kappa shape index (κ2) is 6.14. The lowest BCUT2D eigenvalue weighted by atomic mass is 9.62. The molecular formula is C20H39P. The molecule has 0 spiro atoms. The Morgan fingerprint density at radius 1 is 0.667 bits per heavy atom. The fourth-order valence-electron chi connectivity index (χ4n) is 4.96. The van der Waals surface area contributed by atoms with Crippen LogP contribution in [0.15, 0.2) is 0 Å². The first-order valence-electron chi connectivity index (χ1n) is 9.31. The van der Waals surface area contributed by atoms with Crippen molar-refractivity contribution in [1.29, 1.82) is 0 Å². The van der Waals surface area contributed by atoms with E-state index >= 15 is 0 Å². The molecule has 0 aliphatic heterocycles. The highest BCUT2D eigenvalue weighted by Crippen LogP contribution is 2.53. The van der Waals surface area contributed by atoms with Crippen molar-refractivity contribution >= 4 is 9.24 Å². The van der Waals surface area contributed by atoms with Crippen molar-refractivity contribution in [3.8, 4) is 0 Å². The summed E-state index contributed by atoms with van der Waals surface area (Å²) in [6.07, 6.45) is 11.7. The predicted molar refractivity (Wildman–Crippen MR) is 98.8 cm³/mol. The normalized spacial score (nSPS) is 39.3. The molecule has 0 amide bonds. The van der Waals surface area contributed by atoms with Crippen LogP contribution in [0.5, 0.6) is 0 Å². The van der Waals surface area contributed by atoms with Gasteiger partial charge in [-0.15, -0.1) is 9.24 Å². The van der Waals surface area contributed by atoms with E-state index in [1.807, 2.05) is 0 Å². The largest absolute Gasteiger partial charge is 0.131 e. The zero-order valence-corrected chi connectivity index (χ0v) is 16.6. The Balaban J connectivity index is 1.89. The van der Waals surface area contributed by atoms with Crippen LogP contribution in [0.25, 0.3) is 0 Å². The highest BCUT2D eigenvalue weighted by molar-refractivity contribution is 7.19. The third kappa shape index (κ3) is 4.25. The quantitative estimate of drug-likeness (QED) is 0.473. The van der Waals surface area contributed by atoms with Crippen molar-refractivity contribution in [3.05, 3.63) is 0 Å². The minimum atomic E-state index is 0.510. The first-order chi connectivity index (χ1) is 9.52. The second-order valence-electron chi connectivity index (χ2n) is 10.3. The molecule has 2 rings (SSSR count). The van der Waals surface area contributed by atoms with Crippen LogP contribution in [0, 0.1) is 28.6 Å². The van der Waals surface area contributed by atoms with Crippen molar-refractivity contribution < 1.29 is 0 Å². The summed E-state index contributed by atoms with van der Waals surface area (Å²) in [4.78, 5) is 0. The molecule has 0 heterocycles. The van der Waals surface area contributed by atoms with Crippen LogP contribution >= 0.6 is 9.24 Å². The van der Waals surface area contributed by atoms with E-state index in [-0.39, 0.29) is 0 Å². The Morgan fingerprint density at radius 2 is 1.05 bits per heavy atom. The van der Waals surface area contributed by atoms with Gasteiger partial charge < -0.3 is 0 Å². The van der Waals surface area contributed by atoms with Gasteiger partial charge in [0.2, 0.25) is 0 Å². The lowest BCUT2D eigenvalue weighted by Crippen LogP contribution is -2.41. The third-order valence-corrected chi connectivity index (χ3v) is 7.95. The van der Waals surface area contributed by atoms with E-state index < -0.39 is 0 Å². The summed E-state index contributed by atoms with van der Waals surface area (Å²) >= 11 is 0. The standard InChI is InChI=1S/C20H39P/c1-18(2,3)15-7-9-17(10-8-15)20(21)13-11-16(12-14-20)19(4,5)6/h15-17H,7-14,21H2,1-6H3. The van der Waals surface area contributed by atoms with Crippen LogP contribution in [-0.2, 0) is 0 Å². The highest BCUT2D eigenvalue weighted by atomic mass is 31.0. The van der Waals surface area contributed by atoms with Gasteiger partial charge in [0, 0.05) is 0 Å². The molecule has 2 aliphatic rings. The Hall–Kier alpha value is 0.430. The molecule has 0 nitrogen and oxygen atoms in total. The molecule has 2 saturated carbocycles. The molecular weight excluding hydrogens is 271 g/mol. The van der Waals surface area contributed by atoms with Crippen molar-refractivity contribution in [2.75, 3.05) is 0 Å². The van der Waals surface area contributed by atoms with Gasteiger partial charge in [-0.05, 0) is 85.1 Å². The van der Waals surface area contributed by atoms with Crippen LogP contribution in [-0.4, -0.2) is 5.16 Å². The molecule has 0 saturated heterocycles. The minimum Gasteiger partial charge on any atom is -0.131 e. The molecule has 0 aromatic carbocycles. The van der Waals surface area contributed by atoms with Crippen LogP contribution in [0.1, 0.15) is 92.9 Å². The van der Waals surface area contributed by atoms with E-state index in [4.69, 9.17) is 0 Å². The second-order valence-corrected chi connectivity index (χ2v) is 11.4. The van der Waals surface area contributed by atoms with Crippen molar-refractivity contribution in [1.82, 2.24) is 0 Å². The zero-order chi connectivity index (χ0) is 15.9. The molecule has 1 heteroatoms. The topological polar surface area (TPSA) is 0 Å². The van der Waals surface area contributed by atoms with E-state index in [1.54, 1.807) is 0 Å². The first kappa shape index (κ1) is 17.8. The predicted octanol–water partition coefficient (Wildman–Crippen LogP) is 6.69. The summed E-state index contributed by atoms with van der Waals surface area (Å²) in [6, 6.07) is 0. The number of rotatable bonds is 1. The van der Waals surface area contributed by atoms with Gasteiger partial charge >= 0.3 is 0 Å². The zero-order valence-electron chi connectivity index (χ0n) is 15.5. The van der Waals surface area contributed by atoms with Crippen LogP contribution in [0.3, 0.4) is 0 Å². The summed E-state index contributed by atoms with van der Waals surface area (Å²) in [6.45, 7) is 14.6. The Bertz CT molecular complexity index is 328. The Morgan fingerprint density at radius 3 is 1.43 bits per heavy atom. The van der Waals surface area contributed by atoms with E-state index in [0.717, 1.165) is 17.8 Å². The van der Waals surface area contributed by atoms with Gasteiger partial charge in [-0.25, -0.2) is 0 Å². The van der Waals surface area contributed by atoms with E-state index in [2.05, 4.69) is 50.8 Å². The van der Waals surface area contributed by atoms with Gasteiger partial charge in [-0.3, -0.25) is 0 Å². The third-order valence-electron chi connectivity index (χ3n) is 6.91. The monoisotopic (exact) mass is 310 g/mol. The Kier molecular flexibility index (Phi) is 5.20. The van der Waals surface area contributed by atoms with Gasteiger partial charge in [0.05, 0.1) is 0 Å². The smallest absolute Gasteiger partial charge is 0.0122 e. The van der Waals surface area contributed by atoms with E-state index in [9.17, 15) is 0 Å². The maximum atomic E-state index is 3.33. The molecule has 1 atom stereocenters. The van der Waals surface area contributed by atoms with Gasteiger partial charge in [-0.1, -0.05) is 41.5 Å². The molecule has 0 aromatic rings. The van der Waals surface area contributed by atoms with Crippen molar-refractivity contribution in [2.24, 2.45) is 28.6 Å². The fraction of sp³-hybridized carbons (Fsp3) is 1.00. The summed E-state index contributed by atoms with van der Waals surface area (Å²) in [5, 5.41) is 0.574. The summed E-state index contributed by atoms with van der Waals surface area (Å²) < 4.78 is 0. The van der Waals surface area contributed by atoms with E-state index in [1.165, 1.54) is 51.4 Å². The van der Waals surface area contributed by atoms with Crippen LogP contribution < -0.4 is 0 Å². The average molecular weight is 311 g/mol. The number of hydrogen-bond donors (Lipinski definition) is 0. The molecule has 124 valence electrons. The lowest BCUT2D eigenvalue weighted by molar-refractivity contribution is 0.0949. The molecule has 21 heavy (non-hydrogen) atoms. The van der Waals surface area contributed by atoms with Gasteiger partial charge in [0.1, 0.15) is 0 Å². The first-order valence-corrected chi connectivity index (χ1v) is 9.89. The molecule has 0 N–H and O–H groups in total. The summed E-state index contributed by atoms with van der Waals surface area (Å²) in [7, 11) is 3.33. The molecule has 0 aromatic heterocycles. The van der Waals surface area contributed by atoms with Crippen LogP contribution in [0.2, 0.25) is 0 Å². The van der Waals surface area contributed by atoms with Crippen molar-refractivity contribution in [2.45, 2.75) is 98.1 Å². The number of hydrogen-bond acceptors (Lipinski definition) is 0. The Labute approximate surface area is 136 Å². The summed E-state index contributed by atoms with van der Waals surface area (Å²) in [5.41, 5.74) is 1.03. The van der Waals surface area contributed by atoms with Gasteiger partial charge in [0.25, 0.3) is 0 Å². The lowest BCUT2D eigenvalue weighted by Gasteiger charge is -2.49. The molecule has 2 fully saturated rings. The minimum absolute atomic E-state index is 0.510. The van der Waals surface area contributed by atoms with Crippen molar-refractivity contribution in [3.63, 3.8) is 0 Å². The highest BCUT2D eigenvalue weighted by Gasteiger charge is 2.42. The molecule has 2 aliphatic carbocycles. The average Bonchev–Trinajstić information content (AvgIpc) is 2.37. The van der Waals surface area contributed by atoms with Crippen LogP contribution in [0.4, 0.5) is 0 Å². The fourth-order valence-corrected chi connectivity index (χ4v) is 5.63. The SMILES string of the molecule is CC(C)(C)C1CCC(C2(P)CCC(C(C)(C)C)CC2)CC1. The maximum Gasteiger partial charge on any atom is -0.0122 e. The summed E-state index contributed by atoms with van der Waals surface area (Å²) in [5.74, 6) is 2.87. The molecule has 0 bridgehead atoms. The van der Waals surface area contributed by atoms with E-state index in [0.29, 0.717) is 16.0 Å². The maximum absolute atomic E-state index is 3.33. The van der Waals surface area contributed by atoms with Gasteiger partial charge in [0.15, 0.2) is 0 Å².